The fourth-order valence-corrected chi connectivity index (χ4v) is 3.07. The van der Waals surface area contributed by atoms with Crippen molar-refractivity contribution in [2.24, 2.45) is 5.92 Å². The van der Waals surface area contributed by atoms with Crippen LogP contribution in [-0.2, 0) is 4.79 Å². The molecule has 1 aromatic heterocycles. The highest BCUT2D eigenvalue weighted by molar-refractivity contribution is 5.81. The first kappa shape index (κ1) is 15.9. The van der Waals surface area contributed by atoms with E-state index in [1.165, 1.54) is 5.56 Å². The Kier molecular flexibility index (Phi) is 4.26. The van der Waals surface area contributed by atoms with E-state index in [0.29, 0.717) is 11.8 Å². The Morgan fingerprint density at radius 2 is 1.80 bits per heavy atom. The summed E-state index contributed by atoms with van der Waals surface area (Å²) in [5.74, 6) is 2.13. The molecule has 1 saturated carbocycles. The first-order valence-electron chi connectivity index (χ1n) is 8.89. The predicted molar refractivity (Wildman–Crippen MR) is 98.0 cm³/mol. The molecule has 1 N–H and O–H groups in total. The molecule has 4 rings (SSSR count). The van der Waals surface area contributed by atoms with E-state index in [1.54, 1.807) is 6.20 Å². The van der Waals surface area contributed by atoms with Crippen molar-refractivity contribution in [1.29, 1.82) is 0 Å². The normalized spacial score (nSPS) is 17.5. The smallest absolute Gasteiger partial charge is 0.227 e. The molecular weight excluding hydrogens is 314 g/mol. The van der Waals surface area contributed by atoms with Gasteiger partial charge in [-0.1, -0.05) is 17.7 Å². The molecule has 0 spiro atoms. The molecule has 2 aliphatic rings. The zero-order valence-corrected chi connectivity index (χ0v) is 14.5. The number of aromatic nitrogens is 2. The predicted octanol–water partition coefficient (Wildman–Crippen LogP) is 2.59. The number of hydrogen-bond donors (Lipinski definition) is 1. The van der Waals surface area contributed by atoms with E-state index in [2.05, 4.69) is 39.2 Å². The second-order valence-electron chi connectivity index (χ2n) is 6.82. The molecule has 2 fully saturated rings. The molecule has 1 aliphatic heterocycles. The fourth-order valence-electron chi connectivity index (χ4n) is 3.07. The minimum Gasteiger partial charge on any atom is -0.340 e. The molecule has 1 aromatic carbocycles. The van der Waals surface area contributed by atoms with Gasteiger partial charge >= 0.3 is 0 Å². The van der Waals surface area contributed by atoms with Crippen LogP contribution in [0.15, 0.2) is 36.5 Å². The number of anilines is 3. The molecule has 130 valence electrons. The number of rotatable bonds is 4. The van der Waals surface area contributed by atoms with Crippen LogP contribution in [0.3, 0.4) is 0 Å². The van der Waals surface area contributed by atoms with Gasteiger partial charge in [-0.3, -0.25) is 4.79 Å². The first-order chi connectivity index (χ1) is 12.2. The number of hydrogen-bond acceptors (Lipinski definition) is 5. The van der Waals surface area contributed by atoms with Crippen molar-refractivity contribution in [3.8, 4) is 0 Å². The van der Waals surface area contributed by atoms with Crippen LogP contribution in [0.4, 0.5) is 17.5 Å². The fraction of sp³-hybridized carbons (Fsp3) is 0.421. The summed E-state index contributed by atoms with van der Waals surface area (Å²) in [4.78, 5) is 25.3. The second kappa shape index (κ2) is 6.70. The minimum atomic E-state index is 0.296. The summed E-state index contributed by atoms with van der Waals surface area (Å²) in [7, 11) is 0. The lowest BCUT2D eigenvalue weighted by atomic mass is 10.2. The maximum atomic E-state index is 12.2. The highest BCUT2D eigenvalue weighted by Gasteiger charge is 2.34. The molecule has 6 heteroatoms. The number of amides is 1. The number of benzene rings is 1. The van der Waals surface area contributed by atoms with Crippen LogP contribution >= 0.6 is 0 Å². The Labute approximate surface area is 147 Å². The monoisotopic (exact) mass is 337 g/mol. The maximum absolute atomic E-state index is 12.2. The van der Waals surface area contributed by atoms with Gasteiger partial charge in [-0.2, -0.15) is 4.98 Å². The molecule has 2 heterocycles. The van der Waals surface area contributed by atoms with E-state index in [-0.39, 0.29) is 0 Å². The van der Waals surface area contributed by atoms with Gasteiger partial charge in [-0.05, 0) is 38.0 Å². The van der Waals surface area contributed by atoms with Crippen molar-refractivity contribution in [3.63, 3.8) is 0 Å². The van der Waals surface area contributed by atoms with E-state index < -0.39 is 0 Å². The van der Waals surface area contributed by atoms with Gasteiger partial charge < -0.3 is 15.1 Å². The SMILES string of the molecule is Cc1ccc(Nc2ccnc(N3CCN(C(=O)C4CC4)CC3)n2)cc1. The molecule has 1 amide bonds. The van der Waals surface area contributed by atoms with Crippen molar-refractivity contribution in [1.82, 2.24) is 14.9 Å². The largest absolute Gasteiger partial charge is 0.340 e. The summed E-state index contributed by atoms with van der Waals surface area (Å²) in [6, 6.07) is 10.1. The molecule has 0 atom stereocenters. The average Bonchev–Trinajstić information content (AvgIpc) is 3.49. The second-order valence-corrected chi connectivity index (χ2v) is 6.82. The third kappa shape index (κ3) is 3.73. The van der Waals surface area contributed by atoms with Crippen LogP contribution < -0.4 is 10.2 Å². The molecular formula is C19H23N5O. The Balaban J connectivity index is 1.39. The summed E-state index contributed by atoms with van der Waals surface area (Å²) in [5, 5.41) is 3.32. The van der Waals surface area contributed by atoms with E-state index in [9.17, 15) is 4.79 Å². The van der Waals surface area contributed by atoms with Crippen molar-refractivity contribution >= 4 is 23.4 Å². The first-order valence-corrected chi connectivity index (χ1v) is 8.89. The third-order valence-corrected chi connectivity index (χ3v) is 4.77. The van der Waals surface area contributed by atoms with Gasteiger partial charge in [0.05, 0.1) is 0 Å². The summed E-state index contributed by atoms with van der Waals surface area (Å²) < 4.78 is 0. The summed E-state index contributed by atoms with van der Waals surface area (Å²) in [5.41, 5.74) is 2.24. The van der Waals surface area contributed by atoms with Crippen LogP contribution in [0.25, 0.3) is 0 Å². The molecule has 2 aromatic rings. The summed E-state index contributed by atoms with van der Waals surface area (Å²) in [6.07, 6.45) is 3.91. The van der Waals surface area contributed by atoms with Crippen LogP contribution in [0.2, 0.25) is 0 Å². The van der Waals surface area contributed by atoms with E-state index in [4.69, 9.17) is 0 Å². The Morgan fingerprint density at radius 3 is 2.48 bits per heavy atom. The summed E-state index contributed by atoms with van der Waals surface area (Å²) >= 11 is 0. The molecule has 0 unspecified atom stereocenters. The van der Waals surface area contributed by atoms with Crippen LogP contribution in [0.5, 0.6) is 0 Å². The van der Waals surface area contributed by atoms with E-state index in [0.717, 1.165) is 56.5 Å². The van der Waals surface area contributed by atoms with Gasteiger partial charge in [0, 0.05) is 44.0 Å². The molecule has 25 heavy (non-hydrogen) atoms. The van der Waals surface area contributed by atoms with E-state index >= 15 is 0 Å². The highest BCUT2D eigenvalue weighted by atomic mass is 16.2. The average molecular weight is 337 g/mol. The van der Waals surface area contributed by atoms with Gasteiger partial charge in [0.1, 0.15) is 5.82 Å². The van der Waals surface area contributed by atoms with Gasteiger partial charge in [-0.25, -0.2) is 4.98 Å². The lowest BCUT2D eigenvalue weighted by Gasteiger charge is -2.34. The Morgan fingerprint density at radius 1 is 1.08 bits per heavy atom. The van der Waals surface area contributed by atoms with Crippen molar-refractivity contribution in [3.05, 3.63) is 42.1 Å². The minimum absolute atomic E-state index is 0.296. The number of piperazine rings is 1. The van der Waals surface area contributed by atoms with Crippen LogP contribution in [-0.4, -0.2) is 47.0 Å². The molecule has 1 saturated heterocycles. The Bertz CT molecular complexity index is 749. The quantitative estimate of drug-likeness (QED) is 0.929. The number of aryl methyl sites for hydroxylation is 1. The maximum Gasteiger partial charge on any atom is 0.227 e. The van der Waals surface area contributed by atoms with Crippen LogP contribution in [0.1, 0.15) is 18.4 Å². The van der Waals surface area contributed by atoms with Crippen molar-refractivity contribution < 1.29 is 4.79 Å². The number of nitrogens with zero attached hydrogens (tertiary/aromatic N) is 4. The zero-order valence-electron chi connectivity index (χ0n) is 14.5. The van der Waals surface area contributed by atoms with Gasteiger partial charge in [-0.15, -0.1) is 0 Å². The number of carbonyl (C=O) groups excluding carboxylic acids is 1. The standard InChI is InChI=1S/C19H23N5O/c1-14-2-6-16(7-3-14)21-17-8-9-20-19(22-17)24-12-10-23(11-13-24)18(25)15-4-5-15/h2-3,6-9,15H,4-5,10-13H2,1H3,(H,20,21,22). The topological polar surface area (TPSA) is 61.4 Å². The van der Waals surface area contributed by atoms with Crippen molar-refractivity contribution in [2.75, 3.05) is 36.4 Å². The lowest BCUT2D eigenvalue weighted by Crippen LogP contribution is -2.49. The van der Waals surface area contributed by atoms with Crippen LogP contribution in [0, 0.1) is 12.8 Å². The summed E-state index contributed by atoms with van der Waals surface area (Å²) in [6.45, 7) is 5.15. The third-order valence-electron chi connectivity index (χ3n) is 4.77. The van der Waals surface area contributed by atoms with Gasteiger partial charge in [0.2, 0.25) is 11.9 Å². The number of nitrogens with one attached hydrogen (secondary N) is 1. The van der Waals surface area contributed by atoms with Gasteiger partial charge in [0.15, 0.2) is 0 Å². The number of carbonyl (C=O) groups is 1. The lowest BCUT2D eigenvalue weighted by molar-refractivity contribution is -0.132. The molecule has 1 aliphatic carbocycles. The van der Waals surface area contributed by atoms with Crippen molar-refractivity contribution in [2.45, 2.75) is 19.8 Å². The zero-order chi connectivity index (χ0) is 17.2. The Hall–Kier alpha value is -2.63. The highest BCUT2D eigenvalue weighted by Crippen LogP contribution is 2.31. The molecule has 0 bridgehead atoms. The molecule has 0 radical (unpaired) electrons. The molecule has 6 nitrogen and oxygen atoms in total. The van der Waals surface area contributed by atoms with E-state index in [1.807, 2.05) is 23.1 Å². The van der Waals surface area contributed by atoms with Gasteiger partial charge in [0.25, 0.3) is 0 Å².